The molecule has 0 unspecified atom stereocenters. The van der Waals surface area contributed by atoms with E-state index in [-0.39, 0.29) is 16.5 Å². The monoisotopic (exact) mass is 480 g/mol. The van der Waals surface area contributed by atoms with Gasteiger partial charge in [-0.25, -0.2) is 17.8 Å². The lowest BCUT2D eigenvalue weighted by Crippen LogP contribution is -2.03. The second kappa shape index (κ2) is 10.1. The molecule has 2 aromatic carbocycles. The predicted molar refractivity (Wildman–Crippen MR) is 130 cm³/mol. The van der Waals surface area contributed by atoms with E-state index in [1.54, 1.807) is 55.1 Å². The fourth-order valence-corrected chi connectivity index (χ4v) is 6.14. The molecule has 4 rings (SSSR count). The largest absolute Gasteiger partial charge is 0.239 e. The van der Waals surface area contributed by atoms with E-state index in [1.165, 1.54) is 37.8 Å². The Morgan fingerprint density at radius 2 is 1.70 bits per heavy atom. The maximum Gasteiger partial charge on any atom is 0.178 e. The summed E-state index contributed by atoms with van der Waals surface area (Å²) < 4.78 is 38.0. The van der Waals surface area contributed by atoms with Gasteiger partial charge in [-0.2, -0.15) is 5.26 Å². The fraction of sp³-hybridized carbons (Fsp3) is 0.308. The normalized spacial score (nSPS) is 14.3. The Labute approximate surface area is 198 Å². The highest BCUT2D eigenvalue weighted by molar-refractivity contribution is 7.99. The van der Waals surface area contributed by atoms with Crippen molar-refractivity contribution < 1.29 is 12.8 Å². The molecule has 0 N–H and O–H groups in total. The van der Waals surface area contributed by atoms with Gasteiger partial charge in [0, 0.05) is 16.9 Å². The first-order valence-electron chi connectivity index (χ1n) is 11.1. The Kier molecular flexibility index (Phi) is 7.16. The molecule has 1 aromatic heterocycles. The first-order valence-corrected chi connectivity index (χ1v) is 13.7. The lowest BCUT2D eigenvalue weighted by molar-refractivity contribution is 0.597. The zero-order valence-corrected chi connectivity index (χ0v) is 20.1. The Bertz CT molecular complexity index is 1280. The van der Waals surface area contributed by atoms with Crippen molar-refractivity contribution in [2.45, 2.75) is 42.5 Å². The van der Waals surface area contributed by atoms with Gasteiger partial charge in [0.05, 0.1) is 21.9 Å². The van der Waals surface area contributed by atoms with Crippen molar-refractivity contribution in [3.8, 4) is 28.5 Å². The summed E-state index contributed by atoms with van der Waals surface area (Å²) in [6.45, 7) is 1.61. The van der Waals surface area contributed by atoms with E-state index in [0.717, 1.165) is 16.9 Å². The number of thioether (sulfide) groups is 1. The van der Waals surface area contributed by atoms with Crippen LogP contribution in [0.2, 0.25) is 0 Å². The number of pyridine rings is 1. The second-order valence-corrected chi connectivity index (χ2v) is 11.5. The molecule has 1 saturated carbocycles. The minimum atomic E-state index is -3.31. The van der Waals surface area contributed by atoms with Crippen molar-refractivity contribution in [3.05, 3.63) is 66.0 Å². The van der Waals surface area contributed by atoms with Gasteiger partial charge in [-0.1, -0.05) is 31.9 Å². The lowest BCUT2D eigenvalue weighted by atomic mass is 9.98. The molecule has 0 saturated heterocycles. The number of sulfone groups is 1. The van der Waals surface area contributed by atoms with Gasteiger partial charge in [0.25, 0.3) is 0 Å². The average molecular weight is 481 g/mol. The molecule has 3 aromatic rings. The molecule has 0 aliphatic heterocycles. The summed E-state index contributed by atoms with van der Waals surface area (Å²) in [7, 11) is -3.31. The van der Waals surface area contributed by atoms with Gasteiger partial charge in [-0.05, 0) is 66.8 Å². The van der Waals surface area contributed by atoms with Crippen molar-refractivity contribution in [1.29, 1.82) is 5.26 Å². The minimum absolute atomic E-state index is 0.0280. The van der Waals surface area contributed by atoms with E-state index < -0.39 is 9.84 Å². The summed E-state index contributed by atoms with van der Waals surface area (Å²) in [5, 5.41) is 10.5. The number of hydrogen-bond acceptors (Lipinski definition) is 5. The van der Waals surface area contributed by atoms with Crippen molar-refractivity contribution >= 4 is 21.6 Å². The van der Waals surface area contributed by atoms with E-state index in [1.807, 2.05) is 6.07 Å². The molecule has 1 fully saturated rings. The number of aromatic nitrogens is 1. The molecule has 0 bridgehead atoms. The standard InChI is InChI=1S/C26H25FN2O2S2/c1-2-33(30,31)23-13-9-19(10-14-23)24-15-21(16-28)26(32-17-18-5-3-4-6-18)29-25(24)20-7-11-22(27)12-8-20/h7-15,18H,2-6,17H2,1H3. The molecule has 170 valence electrons. The Morgan fingerprint density at radius 3 is 2.30 bits per heavy atom. The van der Waals surface area contributed by atoms with Crippen LogP contribution in [0.4, 0.5) is 4.39 Å². The molecular formula is C26H25FN2O2S2. The number of hydrogen-bond donors (Lipinski definition) is 0. The van der Waals surface area contributed by atoms with E-state index in [0.29, 0.717) is 27.8 Å². The topological polar surface area (TPSA) is 70.8 Å². The van der Waals surface area contributed by atoms with Crippen molar-refractivity contribution in [2.75, 3.05) is 11.5 Å². The zero-order valence-electron chi connectivity index (χ0n) is 18.4. The van der Waals surface area contributed by atoms with Crippen molar-refractivity contribution in [3.63, 3.8) is 0 Å². The number of benzene rings is 2. The van der Waals surface area contributed by atoms with Crippen LogP contribution >= 0.6 is 11.8 Å². The molecular weight excluding hydrogens is 455 g/mol. The van der Waals surface area contributed by atoms with Crippen LogP contribution < -0.4 is 0 Å². The smallest absolute Gasteiger partial charge is 0.178 e. The number of nitriles is 1. The van der Waals surface area contributed by atoms with Crippen LogP contribution in [0.15, 0.2) is 64.5 Å². The van der Waals surface area contributed by atoms with E-state index in [9.17, 15) is 18.1 Å². The summed E-state index contributed by atoms with van der Waals surface area (Å²) in [4.78, 5) is 5.13. The van der Waals surface area contributed by atoms with Gasteiger partial charge >= 0.3 is 0 Å². The minimum Gasteiger partial charge on any atom is -0.239 e. The molecule has 4 nitrogen and oxygen atoms in total. The van der Waals surface area contributed by atoms with Gasteiger partial charge < -0.3 is 0 Å². The molecule has 33 heavy (non-hydrogen) atoms. The first kappa shape index (κ1) is 23.5. The van der Waals surface area contributed by atoms with E-state index in [2.05, 4.69) is 6.07 Å². The number of halogens is 1. The number of rotatable bonds is 7. The van der Waals surface area contributed by atoms with Gasteiger partial charge in [-0.3, -0.25) is 0 Å². The van der Waals surface area contributed by atoms with Gasteiger partial charge in [0.15, 0.2) is 9.84 Å². The van der Waals surface area contributed by atoms with Gasteiger partial charge in [-0.15, -0.1) is 11.8 Å². The van der Waals surface area contributed by atoms with Crippen LogP contribution in [-0.4, -0.2) is 24.9 Å². The van der Waals surface area contributed by atoms with Gasteiger partial charge in [0.1, 0.15) is 16.9 Å². The molecule has 0 radical (unpaired) electrons. The van der Waals surface area contributed by atoms with Crippen LogP contribution in [-0.2, 0) is 9.84 Å². The molecule has 1 heterocycles. The summed E-state index contributed by atoms with van der Waals surface area (Å²) in [6, 6.07) is 16.8. The SMILES string of the molecule is CCS(=O)(=O)c1ccc(-c2cc(C#N)c(SCC3CCCC3)nc2-c2ccc(F)cc2)cc1. The highest BCUT2D eigenvalue weighted by Crippen LogP contribution is 2.37. The lowest BCUT2D eigenvalue weighted by Gasteiger charge is -2.15. The highest BCUT2D eigenvalue weighted by atomic mass is 32.2. The summed E-state index contributed by atoms with van der Waals surface area (Å²) >= 11 is 1.61. The third-order valence-corrected chi connectivity index (χ3v) is 9.03. The number of nitrogens with zero attached hydrogens (tertiary/aromatic N) is 2. The molecule has 0 atom stereocenters. The fourth-order valence-electron chi connectivity index (χ4n) is 4.12. The van der Waals surface area contributed by atoms with E-state index >= 15 is 0 Å². The molecule has 0 amide bonds. The van der Waals surface area contributed by atoms with Crippen LogP contribution in [0.25, 0.3) is 22.4 Å². The Hall–Kier alpha value is -2.69. The van der Waals surface area contributed by atoms with Gasteiger partial charge in [0.2, 0.25) is 0 Å². The van der Waals surface area contributed by atoms with Crippen LogP contribution in [0, 0.1) is 23.1 Å². The molecule has 0 spiro atoms. The molecule has 1 aliphatic rings. The third kappa shape index (κ3) is 5.29. The van der Waals surface area contributed by atoms with Crippen molar-refractivity contribution in [2.24, 2.45) is 5.92 Å². The van der Waals surface area contributed by atoms with Crippen LogP contribution in [0.1, 0.15) is 38.2 Å². The highest BCUT2D eigenvalue weighted by Gasteiger charge is 2.20. The second-order valence-electron chi connectivity index (χ2n) is 8.25. The Balaban J connectivity index is 1.79. The maximum atomic E-state index is 13.6. The Morgan fingerprint density at radius 1 is 1.06 bits per heavy atom. The molecule has 1 aliphatic carbocycles. The van der Waals surface area contributed by atoms with Crippen molar-refractivity contribution in [1.82, 2.24) is 4.98 Å². The van der Waals surface area contributed by atoms with E-state index in [4.69, 9.17) is 4.98 Å². The third-order valence-electron chi connectivity index (χ3n) is 6.06. The average Bonchev–Trinajstić information content (AvgIpc) is 3.36. The zero-order chi connectivity index (χ0) is 23.4. The summed E-state index contributed by atoms with van der Waals surface area (Å²) in [6.07, 6.45) is 4.94. The predicted octanol–water partition coefficient (Wildman–Crippen LogP) is 6.50. The summed E-state index contributed by atoms with van der Waals surface area (Å²) in [5.41, 5.74) is 3.34. The first-order chi connectivity index (χ1) is 15.9. The quantitative estimate of drug-likeness (QED) is 0.361. The molecule has 7 heteroatoms. The maximum absolute atomic E-state index is 13.6. The van der Waals surface area contributed by atoms with Crippen LogP contribution in [0.5, 0.6) is 0 Å². The van der Waals surface area contributed by atoms with Crippen LogP contribution in [0.3, 0.4) is 0 Å². The summed E-state index contributed by atoms with van der Waals surface area (Å²) in [5.74, 6) is 1.26.